The fourth-order valence-electron chi connectivity index (χ4n) is 7.86. The first kappa shape index (κ1) is 33.5. The number of hydrogen-bond acceptors (Lipinski definition) is 10. The van der Waals surface area contributed by atoms with E-state index in [4.69, 9.17) is 19.9 Å². The lowest BCUT2D eigenvalue weighted by atomic mass is 10.1. The third kappa shape index (κ3) is 5.30. The van der Waals surface area contributed by atoms with Crippen molar-refractivity contribution in [3.8, 4) is 0 Å². The van der Waals surface area contributed by atoms with Crippen LogP contribution in [0.2, 0.25) is 0 Å². The van der Waals surface area contributed by atoms with Crippen molar-refractivity contribution >= 4 is 103 Å². The maximum absolute atomic E-state index is 4.80. The smallest absolute Gasteiger partial charge is 0.125 e. The summed E-state index contributed by atoms with van der Waals surface area (Å²) in [6.07, 6.45) is 14.3. The van der Waals surface area contributed by atoms with Gasteiger partial charge in [0, 0.05) is 82.8 Å². The number of aromatic nitrogens is 8. The van der Waals surface area contributed by atoms with Gasteiger partial charge in [0.2, 0.25) is 0 Å². The maximum atomic E-state index is 4.80. The molecule has 2 atom stereocenters. The summed E-state index contributed by atoms with van der Waals surface area (Å²) in [4.78, 5) is 41.7. The fraction of sp³-hybridized carbons (Fsp3) is 0.220. The van der Waals surface area contributed by atoms with Crippen LogP contribution in [0, 0.1) is 0 Å². The lowest BCUT2D eigenvalue weighted by Crippen LogP contribution is -2.37. The Kier molecular flexibility index (Phi) is 8.02. The number of anilines is 4. The second-order valence-electron chi connectivity index (χ2n) is 14.4. The van der Waals surface area contributed by atoms with Crippen LogP contribution in [-0.4, -0.2) is 71.9 Å². The van der Waals surface area contributed by atoms with Crippen LogP contribution in [0.25, 0.3) is 43.6 Å². The van der Waals surface area contributed by atoms with E-state index in [9.17, 15) is 0 Å². The molecule has 1 aliphatic rings. The molecule has 1 aliphatic heterocycles. The van der Waals surface area contributed by atoms with Crippen LogP contribution in [0.4, 0.5) is 22.7 Å². The first-order valence-corrected chi connectivity index (χ1v) is 21.4. The Morgan fingerprint density at radius 2 is 0.887 bits per heavy atom. The van der Waals surface area contributed by atoms with Gasteiger partial charge in [-0.1, -0.05) is 13.8 Å². The molecular formula is C41H39N10P2+. The largest absolute Gasteiger partial charge is 0.341 e. The van der Waals surface area contributed by atoms with Gasteiger partial charge in [-0.2, -0.15) is 0 Å². The molecule has 5 heterocycles. The SMILES string of the molecule is CC(C)P1c2cc3cncnc3cc2N(C)c2cc3ncncc3cc2[P+](C)(C(C)C)c2cc3ncncc3cc2N(C)c2cc3cncnc3cc21. The van der Waals surface area contributed by atoms with E-state index in [0.29, 0.717) is 0 Å². The molecule has 0 radical (unpaired) electrons. The Balaban J connectivity index is 1.50. The summed E-state index contributed by atoms with van der Waals surface area (Å²) in [5.41, 5.74) is 8.72. The highest BCUT2D eigenvalue weighted by Crippen LogP contribution is 2.62. The monoisotopic (exact) mass is 733 g/mol. The van der Waals surface area contributed by atoms with Crippen LogP contribution in [0.15, 0.2) is 98.6 Å². The third-order valence-corrected chi connectivity index (χ3v) is 18.5. The van der Waals surface area contributed by atoms with E-state index in [1.807, 2.05) is 24.8 Å². The van der Waals surface area contributed by atoms with Gasteiger partial charge in [-0.25, -0.2) is 39.9 Å². The zero-order valence-electron chi connectivity index (χ0n) is 30.8. The summed E-state index contributed by atoms with van der Waals surface area (Å²) in [5, 5.41) is 9.11. The molecule has 0 bridgehead atoms. The molecule has 0 fully saturated rings. The summed E-state index contributed by atoms with van der Waals surface area (Å²) < 4.78 is 0. The van der Waals surface area contributed by atoms with Crippen LogP contribution in [-0.2, 0) is 0 Å². The minimum Gasteiger partial charge on any atom is -0.341 e. The minimum absolute atomic E-state index is 0.271. The molecule has 8 aromatic rings. The van der Waals surface area contributed by atoms with Gasteiger partial charge in [-0.3, -0.25) is 0 Å². The summed E-state index contributed by atoms with van der Waals surface area (Å²) in [6.45, 7) is 11.9. The Bertz CT molecular complexity index is 2560. The van der Waals surface area contributed by atoms with Crippen molar-refractivity contribution in [3.05, 3.63) is 98.6 Å². The Morgan fingerprint density at radius 1 is 0.491 bits per heavy atom. The highest BCUT2D eigenvalue weighted by Gasteiger charge is 2.47. The van der Waals surface area contributed by atoms with Gasteiger partial charge in [0.05, 0.1) is 58.7 Å². The van der Waals surface area contributed by atoms with Gasteiger partial charge in [0.1, 0.15) is 35.9 Å². The van der Waals surface area contributed by atoms with Crippen LogP contribution in [0.3, 0.4) is 0 Å². The molecule has 9 rings (SSSR count). The molecule has 0 N–H and O–H groups in total. The molecule has 0 spiro atoms. The van der Waals surface area contributed by atoms with Crippen molar-refractivity contribution in [1.29, 1.82) is 0 Å². The fourth-order valence-corrected chi connectivity index (χ4v) is 14.2. The molecule has 2 unspecified atom stereocenters. The minimum atomic E-state index is -2.25. The number of rotatable bonds is 2. The molecule has 0 aliphatic carbocycles. The summed E-state index contributed by atoms with van der Waals surface area (Å²) in [7, 11) is 1.19. The normalized spacial score (nSPS) is 17.5. The highest BCUT2D eigenvalue weighted by atomic mass is 31.2. The van der Waals surface area contributed by atoms with Gasteiger partial charge < -0.3 is 9.80 Å². The van der Waals surface area contributed by atoms with Crippen molar-refractivity contribution in [1.82, 2.24) is 39.9 Å². The van der Waals surface area contributed by atoms with E-state index in [0.717, 1.165) is 66.4 Å². The molecule has 0 saturated heterocycles. The zero-order chi connectivity index (χ0) is 36.6. The van der Waals surface area contributed by atoms with Crippen molar-refractivity contribution in [2.75, 3.05) is 30.6 Å². The molecular weight excluding hydrogens is 694 g/mol. The summed E-state index contributed by atoms with van der Waals surface area (Å²) in [5.74, 6) is 0. The standard InChI is InChI=1S/C41H39N10P2/c1-24(2)52-38-10-28-18-44-20-46-30(28)12-35(38)51(6)37-13-31-29(19-45-21-47-31)11-40(37)53(7,25(3)4)41-15-33-27(17-43-23-49-33)9-36(41)50(5)34-8-26-16-42-22-48-32(26)14-39(34)52/h8-25H,1-7H3/q+1. The first-order chi connectivity index (χ1) is 25.6. The van der Waals surface area contributed by atoms with E-state index in [1.165, 1.54) is 21.2 Å². The number of benzene rings is 4. The first-order valence-electron chi connectivity index (χ1n) is 17.7. The average molecular weight is 734 g/mol. The molecule has 12 heteroatoms. The van der Waals surface area contributed by atoms with E-state index in [1.54, 1.807) is 25.3 Å². The molecule has 10 nitrogen and oxygen atoms in total. The second-order valence-corrected chi connectivity index (χ2v) is 21.3. The van der Waals surface area contributed by atoms with E-state index >= 15 is 0 Å². The molecule has 0 amide bonds. The third-order valence-electron chi connectivity index (χ3n) is 10.9. The van der Waals surface area contributed by atoms with Gasteiger partial charge in [0.25, 0.3) is 0 Å². The lowest BCUT2D eigenvalue weighted by Gasteiger charge is -2.38. The predicted octanol–water partition coefficient (Wildman–Crippen LogP) is 7.16. The van der Waals surface area contributed by atoms with Crippen LogP contribution in [0.1, 0.15) is 27.7 Å². The van der Waals surface area contributed by atoms with E-state index in [-0.39, 0.29) is 11.3 Å². The molecule has 262 valence electrons. The molecule has 0 saturated carbocycles. The van der Waals surface area contributed by atoms with Crippen molar-refractivity contribution < 1.29 is 0 Å². The predicted molar refractivity (Wildman–Crippen MR) is 223 cm³/mol. The zero-order valence-corrected chi connectivity index (χ0v) is 32.5. The summed E-state index contributed by atoms with van der Waals surface area (Å²) >= 11 is 0. The molecule has 53 heavy (non-hydrogen) atoms. The van der Waals surface area contributed by atoms with Crippen LogP contribution >= 0.6 is 15.2 Å². The Labute approximate surface area is 309 Å². The second kappa shape index (κ2) is 12.7. The quantitative estimate of drug-likeness (QED) is 0.170. The molecule has 4 aromatic carbocycles. The van der Waals surface area contributed by atoms with Crippen molar-refractivity contribution in [2.24, 2.45) is 0 Å². The van der Waals surface area contributed by atoms with Gasteiger partial charge >= 0.3 is 0 Å². The highest BCUT2D eigenvalue weighted by molar-refractivity contribution is 7.90. The van der Waals surface area contributed by atoms with Gasteiger partial charge in [0.15, 0.2) is 0 Å². The van der Waals surface area contributed by atoms with Gasteiger partial charge in [-0.15, -0.1) is 0 Å². The maximum Gasteiger partial charge on any atom is 0.125 e. The van der Waals surface area contributed by atoms with Crippen molar-refractivity contribution in [2.45, 2.75) is 39.0 Å². The Hall–Kier alpha value is -5.30. The topological polar surface area (TPSA) is 110 Å². The summed E-state index contributed by atoms with van der Waals surface area (Å²) in [6, 6.07) is 18.4. The lowest BCUT2D eigenvalue weighted by molar-refractivity contribution is 1.09. The van der Waals surface area contributed by atoms with Gasteiger partial charge in [-0.05, 0) is 69.9 Å². The van der Waals surface area contributed by atoms with Crippen molar-refractivity contribution in [3.63, 3.8) is 0 Å². The molecule has 4 aromatic heterocycles. The number of hydrogen-bond donors (Lipinski definition) is 0. The van der Waals surface area contributed by atoms with E-state index in [2.05, 4.69) is 127 Å². The average Bonchev–Trinajstić information content (AvgIpc) is 3.18. The van der Waals surface area contributed by atoms with Crippen LogP contribution in [0.5, 0.6) is 0 Å². The number of fused-ring (bicyclic) bond motifs is 8. The van der Waals surface area contributed by atoms with Crippen LogP contribution < -0.4 is 31.0 Å². The van der Waals surface area contributed by atoms with E-state index < -0.39 is 15.2 Å². The number of nitrogens with zero attached hydrogens (tertiary/aromatic N) is 10. The Morgan fingerprint density at radius 3 is 1.43 bits per heavy atom.